The monoisotopic (exact) mass is 274 g/mol. The minimum atomic E-state index is -0.804. The number of hydrogen-bond donors (Lipinski definition) is 2. The lowest BCUT2D eigenvalue weighted by molar-refractivity contribution is -0.130. The molecule has 0 saturated carbocycles. The Balaban J connectivity index is 2.41. The smallest absolute Gasteiger partial charge is 0.227 e. The molecule has 1 aliphatic rings. The summed E-state index contributed by atoms with van der Waals surface area (Å²) in [7, 11) is -0.804. The normalized spacial score (nSPS) is 26.8. The minimum Gasteiger partial charge on any atom is -0.356 e. The standard InChI is InChI=1S/C13H26N2O2S/c1-4-6-13(7-9-14-10-13)12(16)15-8-5-11(2)18(3)17/h11,14H,4-10H2,1-3H3,(H,15,16). The third-order valence-corrected chi connectivity index (χ3v) is 5.23. The van der Waals surface area contributed by atoms with Crippen molar-refractivity contribution < 1.29 is 9.00 Å². The Morgan fingerprint density at radius 2 is 2.28 bits per heavy atom. The number of rotatable bonds is 7. The Kier molecular flexibility index (Phi) is 6.29. The van der Waals surface area contributed by atoms with E-state index in [-0.39, 0.29) is 16.6 Å². The maximum Gasteiger partial charge on any atom is 0.227 e. The van der Waals surface area contributed by atoms with E-state index in [1.807, 2.05) is 6.92 Å². The average molecular weight is 274 g/mol. The van der Waals surface area contributed by atoms with Crippen molar-refractivity contribution in [1.29, 1.82) is 0 Å². The first-order valence-electron chi connectivity index (χ1n) is 6.83. The van der Waals surface area contributed by atoms with Crippen LogP contribution in [-0.4, -0.2) is 41.3 Å². The third kappa shape index (κ3) is 4.05. The highest BCUT2D eigenvalue weighted by Gasteiger charge is 2.39. The summed E-state index contributed by atoms with van der Waals surface area (Å²) < 4.78 is 11.2. The van der Waals surface area contributed by atoms with Crippen LogP contribution in [-0.2, 0) is 15.6 Å². The zero-order chi connectivity index (χ0) is 13.6. The predicted octanol–water partition coefficient (Wildman–Crippen LogP) is 1.04. The number of carbonyl (C=O) groups excluding carboxylic acids is 1. The van der Waals surface area contributed by atoms with Crippen LogP contribution >= 0.6 is 0 Å². The quantitative estimate of drug-likeness (QED) is 0.729. The molecule has 1 aliphatic heterocycles. The molecule has 1 fully saturated rings. The molecule has 3 atom stereocenters. The predicted molar refractivity (Wildman–Crippen MR) is 76.0 cm³/mol. The Morgan fingerprint density at radius 1 is 1.56 bits per heavy atom. The average Bonchev–Trinajstić information content (AvgIpc) is 2.79. The van der Waals surface area contributed by atoms with Crippen LogP contribution in [0.5, 0.6) is 0 Å². The first-order valence-corrected chi connectivity index (χ1v) is 8.45. The van der Waals surface area contributed by atoms with Crippen molar-refractivity contribution in [3.63, 3.8) is 0 Å². The summed E-state index contributed by atoms with van der Waals surface area (Å²) in [5.41, 5.74) is -0.205. The summed E-state index contributed by atoms with van der Waals surface area (Å²) in [6.45, 7) is 6.44. The van der Waals surface area contributed by atoms with Gasteiger partial charge in [-0.05, 0) is 25.8 Å². The second-order valence-corrected chi connectivity index (χ2v) is 7.11. The molecule has 0 aromatic heterocycles. The van der Waals surface area contributed by atoms with Crippen molar-refractivity contribution in [2.24, 2.45) is 5.41 Å². The van der Waals surface area contributed by atoms with E-state index in [0.29, 0.717) is 6.54 Å². The van der Waals surface area contributed by atoms with Crippen LogP contribution < -0.4 is 10.6 Å². The van der Waals surface area contributed by atoms with E-state index in [2.05, 4.69) is 17.6 Å². The van der Waals surface area contributed by atoms with Gasteiger partial charge in [-0.3, -0.25) is 9.00 Å². The molecule has 1 saturated heterocycles. The number of nitrogens with one attached hydrogen (secondary N) is 2. The molecule has 106 valence electrons. The van der Waals surface area contributed by atoms with E-state index in [1.165, 1.54) is 0 Å². The largest absolute Gasteiger partial charge is 0.356 e. The molecule has 0 radical (unpaired) electrons. The van der Waals surface area contributed by atoms with E-state index in [1.54, 1.807) is 6.26 Å². The maximum absolute atomic E-state index is 12.3. The molecular formula is C13H26N2O2S. The molecule has 0 aliphatic carbocycles. The van der Waals surface area contributed by atoms with Crippen LogP contribution in [0.15, 0.2) is 0 Å². The van der Waals surface area contributed by atoms with E-state index in [9.17, 15) is 9.00 Å². The van der Waals surface area contributed by atoms with Gasteiger partial charge in [0.05, 0.1) is 5.41 Å². The molecular weight excluding hydrogens is 248 g/mol. The van der Waals surface area contributed by atoms with Crippen LogP contribution in [0.3, 0.4) is 0 Å². The molecule has 2 N–H and O–H groups in total. The van der Waals surface area contributed by atoms with Gasteiger partial charge in [-0.15, -0.1) is 0 Å². The maximum atomic E-state index is 12.3. The fourth-order valence-corrected chi connectivity index (χ4v) is 2.94. The summed E-state index contributed by atoms with van der Waals surface area (Å²) in [5.74, 6) is 0.170. The molecule has 3 unspecified atom stereocenters. The molecule has 0 spiro atoms. The molecule has 1 amide bonds. The van der Waals surface area contributed by atoms with Gasteiger partial charge in [0.15, 0.2) is 0 Å². The van der Waals surface area contributed by atoms with Gasteiger partial charge in [-0.25, -0.2) is 0 Å². The molecule has 1 heterocycles. The van der Waals surface area contributed by atoms with E-state index in [4.69, 9.17) is 0 Å². The van der Waals surface area contributed by atoms with Gasteiger partial charge < -0.3 is 10.6 Å². The van der Waals surface area contributed by atoms with Gasteiger partial charge in [0, 0.05) is 35.4 Å². The van der Waals surface area contributed by atoms with Crippen molar-refractivity contribution in [3.05, 3.63) is 0 Å². The van der Waals surface area contributed by atoms with Crippen LogP contribution in [0.1, 0.15) is 39.5 Å². The van der Waals surface area contributed by atoms with Gasteiger partial charge in [0.1, 0.15) is 0 Å². The van der Waals surface area contributed by atoms with Crippen molar-refractivity contribution in [3.8, 4) is 0 Å². The summed E-state index contributed by atoms with van der Waals surface area (Å²) in [5, 5.41) is 6.46. The fraction of sp³-hybridized carbons (Fsp3) is 0.923. The zero-order valence-electron chi connectivity index (χ0n) is 11.8. The SMILES string of the molecule is CCCC1(C(=O)NCCC(C)S(C)=O)CCNC1. The highest BCUT2D eigenvalue weighted by molar-refractivity contribution is 7.84. The van der Waals surface area contributed by atoms with Crippen LogP contribution in [0, 0.1) is 5.41 Å². The Labute approximate surface area is 113 Å². The van der Waals surface area contributed by atoms with Crippen LogP contribution in [0.25, 0.3) is 0 Å². The van der Waals surface area contributed by atoms with Crippen LogP contribution in [0.4, 0.5) is 0 Å². The van der Waals surface area contributed by atoms with Gasteiger partial charge >= 0.3 is 0 Å². The Morgan fingerprint density at radius 3 is 2.78 bits per heavy atom. The Hall–Kier alpha value is -0.420. The molecule has 18 heavy (non-hydrogen) atoms. The third-order valence-electron chi connectivity index (χ3n) is 3.86. The van der Waals surface area contributed by atoms with E-state index < -0.39 is 10.8 Å². The lowest BCUT2D eigenvalue weighted by atomic mass is 9.81. The van der Waals surface area contributed by atoms with Gasteiger partial charge in [-0.2, -0.15) is 0 Å². The molecule has 4 nitrogen and oxygen atoms in total. The first-order chi connectivity index (χ1) is 8.52. The molecule has 0 bridgehead atoms. The van der Waals surface area contributed by atoms with Crippen molar-refractivity contribution in [1.82, 2.24) is 10.6 Å². The minimum absolute atomic E-state index is 0.147. The highest BCUT2D eigenvalue weighted by Crippen LogP contribution is 2.31. The Bertz CT molecular complexity index is 301. The lowest BCUT2D eigenvalue weighted by Gasteiger charge is -2.26. The van der Waals surface area contributed by atoms with Crippen molar-refractivity contribution in [2.75, 3.05) is 25.9 Å². The second-order valence-electron chi connectivity index (χ2n) is 5.31. The van der Waals surface area contributed by atoms with Crippen molar-refractivity contribution in [2.45, 2.75) is 44.8 Å². The molecule has 5 heteroatoms. The van der Waals surface area contributed by atoms with Gasteiger partial charge in [-0.1, -0.05) is 20.3 Å². The summed E-state index contributed by atoms with van der Waals surface area (Å²) in [6.07, 6.45) is 5.41. The number of carbonyl (C=O) groups is 1. The second kappa shape index (κ2) is 7.24. The zero-order valence-corrected chi connectivity index (χ0v) is 12.6. The first kappa shape index (κ1) is 15.6. The molecule has 1 rings (SSSR count). The van der Waals surface area contributed by atoms with E-state index >= 15 is 0 Å². The lowest BCUT2D eigenvalue weighted by Crippen LogP contribution is -2.43. The van der Waals surface area contributed by atoms with Crippen molar-refractivity contribution >= 4 is 16.7 Å². The number of amides is 1. The summed E-state index contributed by atoms with van der Waals surface area (Å²) in [4.78, 5) is 12.3. The van der Waals surface area contributed by atoms with Gasteiger partial charge in [0.25, 0.3) is 0 Å². The summed E-state index contributed by atoms with van der Waals surface area (Å²) in [6, 6.07) is 0. The fourth-order valence-electron chi connectivity index (χ4n) is 2.49. The van der Waals surface area contributed by atoms with Crippen LogP contribution in [0.2, 0.25) is 0 Å². The highest BCUT2D eigenvalue weighted by atomic mass is 32.2. The topological polar surface area (TPSA) is 58.2 Å². The molecule has 0 aromatic rings. The van der Waals surface area contributed by atoms with E-state index in [0.717, 1.165) is 38.8 Å². The summed E-state index contributed by atoms with van der Waals surface area (Å²) >= 11 is 0. The molecule has 0 aromatic carbocycles. The number of hydrogen-bond acceptors (Lipinski definition) is 3. The van der Waals surface area contributed by atoms with Gasteiger partial charge in [0.2, 0.25) is 5.91 Å².